The molecule has 158 valence electrons. The molecule has 1 aromatic carbocycles. The fraction of sp³-hybridized carbons (Fsp3) is 0.500. The van der Waals surface area contributed by atoms with Crippen LogP contribution in [0.25, 0.3) is 0 Å². The third-order valence-electron chi connectivity index (χ3n) is 3.76. The number of hydrogen-bond acceptors (Lipinski definition) is 4. The first-order valence-electron chi connectivity index (χ1n) is 7.03. The first kappa shape index (κ1) is 21.9. The third kappa shape index (κ3) is 2.72. The Bertz CT molecular complexity index is 786. The Balaban J connectivity index is 2.40. The predicted octanol–water partition coefficient (Wildman–Crippen LogP) is 3.84. The maximum Gasteiger partial charge on any atom is 0.428 e. The average molecular weight is 427 g/mol. The van der Waals surface area contributed by atoms with E-state index in [2.05, 4.69) is 4.74 Å². The van der Waals surface area contributed by atoms with E-state index in [9.17, 15) is 44.3 Å². The molecular weight excluding hydrogens is 417 g/mol. The van der Waals surface area contributed by atoms with Crippen molar-refractivity contribution in [3.05, 3.63) is 18.2 Å². The van der Waals surface area contributed by atoms with Crippen LogP contribution in [0, 0.1) is 0 Å². The lowest BCUT2D eigenvalue weighted by Crippen LogP contribution is -2.63. The van der Waals surface area contributed by atoms with Gasteiger partial charge in [0.05, 0.1) is 14.2 Å². The Hall–Kier alpha value is -2.38. The van der Waals surface area contributed by atoms with Crippen LogP contribution in [-0.4, -0.2) is 49.9 Å². The van der Waals surface area contributed by atoms with Gasteiger partial charge in [-0.05, 0) is 12.1 Å². The van der Waals surface area contributed by atoms with Crippen molar-refractivity contribution in [3.63, 3.8) is 0 Å². The van der Waals surface area contributed by atoms with E-state index in [1.165, 1.54) is 12.4 Å². The lowest BCUT2D eigenvalue weighted by Gasteiger charge is -2.31. The van der Waals surface area contributed by atoms with Gasteiger partial charge in [-0.15, -0.1) is 0 Å². The standard InChI is InChI=1S/C14H10F9NO4/c1-26-7-4-3-6(5-8(7)27-2)24-9(25)10(15,16)13(21)11(17,18)12(19,20)14(22,23)28-13/h3-5H,1-2H3,(H,24,25). The van der Waals surface area contributed by atoms with Gasteiger partial charge in [-0.2, -0.15) is 39.5 Å². The Morgan fingerprint density at radius 1 is 0.964 bits per heavy atom. The number of amides is 1. The molecule has 1 unspecified atom stereocenters. The van der Waals surface area contributed by atoms with E-state index in [4.69, 9.17) is 9.47 Å². The van der Waals surface area contributed by atoms with E-state index in [-0.39, 0.29) is 11.5 Å². The lowest BCUT2D eigenvalue weighted by atomic mass is 9.99. The summed E-state index contributed by atoms with van der Waals surface area (Å²) in [5, 5.41) is 1.24. The smallest absolute Gasteiger partial charge is 0.428 e. The topological polar surface area (TPSA) is 56.8 Å². The normalized spacial score (nSPS) is 25.2. The zero-order chi connectivity index (χ0) is 21.8. The van der Waals surface area contributed by atoms with Crippen LogP contribution in [0.2, 0.25) is 0 Å². The van der Waals surface area contributed by atoms with Gasteiger partial charge in [-0.3, -0.25) is 9.53 Å². The maximum atomic E-state index is 14.1. The molecule has 1 N–H and O–H groups in total. The van der Waals surface area contributed by atoms with Gasteiger partial charge in [0.1, 0.15) is 0 Å². The van der Waals surface area contributed by atoms with Gasteiger partial charge in [0.25, 0.3) is 0 Å². The number of ether oxygens (including phenoxy) is 3. The summed E-state index contributed by atoms with van der Waals surface area (Å²) in [6.45, 7) is 0. The molecule has 2 rings (SSSR count). The molecule has 1 aromatic rings. The van der Waals surface area contributed by atoms with Gasteiger partial charge < -0.3 is 14.8 Å². The summed E-state index contributed by atoms with van der Waals surface area (Å²) in [5.74, 6) is -29.0. The number of methoxy groups -OCH3 is 2. The Kier molecular flexibility index (Phi) is 4.95. The first-order valence-corrected chi connectivity index (χ1v) is 7.03. The molecule has 1 amide bonds. The highest BCUT2D eigenvalue weighted by Gasteiger charge is 2.96. The van der Waals surface area contributed by atoms with Crippen molar-refractivity contribution in [1.82, 2.24) is 0 Å². The number of halogens is 9. The predicted molar refractivity (Wildman–Crippen MR) is 72.9 cm³/mol. The molecular formula is C14H10F9NO4. The molecule has 1 heterocycles. The fourth-order valence-electron chi connectivity index (χ4n) is 2.22. The summed E-state index contributed by atoms with van der Waals surface area (Å²) >= 11 is 0. The summed E-state index contributed by atoms with van der Waals surface area (Å²) < 4.78 is 133. The molecule has 1 aliphatic heterocycles. The van der Waals surface area contributed by atoms with Crippen LogP contribution < -0.4 is 14.8 Å². The van der Waals surface area contributed by atoms with E-state index in [0.29, 0.717) is 0 Å². The number of alkyl halides is 9. The van der Waals surface area contributed by atoms with Crippen molar-refractivity contribution in [2.45, 2.75) is 29.7 Å². The zero-order valence-corrected chi connectivity index (χ0v) is 13.8. The van der Waals surface area contributed by atoms with Crippen LogP contribution in [0.4, 0.5) is 45.2 Å². The number of rotatable bonds is 5. The third-order valence-corrected chi connectivity index (χ3v) is 3.76. The second-order valence-electron chi connectivity index (χ2n) is 5.46. The van der Waals surface area contributed by atoms with Crippen molar-refractivity contribution in [1.29, 1.82) is 0 Å². The quantitative estimate of drug-likeness (QED) is 0.726. The number of anilines is 1. The van der Waals surface area contributed by atoms with E-state index in [1.54, 1.807) is 0 Å². The molecule has 1 aliphatic rings. The van der Waals surface area contributed by atoms with Gasteiger partial charge in [0, 0.05) is 11.8 Å². The van der Waals surface area contributed by atoms with Crippen molar-refractivity contribution in [2.24, 2.45) is 0 Å². The van der Waals surface area contributed by atoms with Crippen molar-refractivity contribution in [2.75, 3.05) is 19.5 Å². The summed E-state index contributed by atoms with van der Waals surface area (Å²) in [4.78, 5) is 11.6. The first-order chi connectivity index (χ1) is 12.6. The highest BCUT2D eigenvalue weighted by molar-refractivity contribution is 5.97. The van der Waals surface area contributed by atoms with Gasteiger partial charge in [-0.1, -0.05) is 0 Å². The monoisotopic (exact) mass is 427 g/mol. The minimum absolute atomic E-state index is 0.0409. The summed E-state index contributed by atoms with van der Waals surface area (Å²) in [6, 6.07) is 2.76. The Morgan fingerprint density at radius 2 is 1.50 bits per heavy atom. The van der Waals surface area contributed by atoms with Gasteiger partial charge in [0.2, 0.25) is 0 Å². The van der Waals surface area contributed by atoms with E-state index in [1.807, 2.05) is 0 Å². The summed E-state index contributed by atoms with van der Waals surface area (Å²) in [6.07, 6.45) is -6.31. The second kappa shape index (κ2) is 6.32. The Labute approximate surface area is 150 Å². The van der Waals surface area contributed by atoms with Gasteiger partial charge in [-0.25, -0.2) is 0 Å². The molecule has 0 spiro atoms. The molecule has 5 nitrogen and oxygen atoms in total. The molecule has 1 saturated heterocycles. The summed E-state index contributed by atoms with van der Waals surface area (Å²) in [7, 11) is 2.29. The van der Waals surface area contributed by atoms with Crippen molar-refractivity contribution in [3.8, 4) is 11.5 Å². The van der Waals surface area contributed by atoms with Crippen LogP contribution in [0.15, 0.2) is 18.2 Å². The molecule has 0 aliphatic carbocycles. The highest BCUT2D eigenvalue weighted by Crippen LogP contribution is 2.64. The minimum atomic E-state index is -6.75. The van der Waals surface area contributed by atoms with Crippen LogP contribution in [0.1, 0.15) is 0 Å². The SMILES string of the molecule is COc1ccc(NC(=O)C(F)(F)C2(F)OC(F)(F)C(F)(F)C2(F)F)cc1OC. The van der Waals surface area contributed by atoms with Crippen molar-refractivity contribution >= 4 is 11.6 Å². The minimum Gasteiger partial charge on any atom is -0.493 e. The van der Waals surface area contributed by atoms with E-state index >= 15 is 0 Å². The Morgan fingerprint density at radius 3 is 1.93 bits per heavy atom. The average Bonchev–Trinajstić information content (AvgIpc) is 2.69. The molecule has 0 saturated carbocycles. The highest BCUT2D eigenvalue weighted by atomic mass is 19.4. The van der Waals surface area contributed by atoms with Crippen LogP contribution in [-0.2, 0) is 9.53 Å². The molecule has 0 bridgehead atoms. The van der Waals surface area contributed by atoms with E-state index < -0.39 is 41.3 Å². The summed E-state index contributed by atoms with van der Waals surface area (Å²) in [5.41, 5.74) is -0.606. The van der Waals surface area contributed by atoms with Crippen molar-refractivity contribution < 1.29 is 58.5 Å². The second-order valence-corrected chi connectivity index (χ2v) is 5.46. The van der Waals surface area contributed by atoms with Crippen LogP contribution in [0.5, 0.6) is 11.5 Å². The lowest BCUT2D eigenvalue weighted by molar-refractivity contribution is -0.366. The van der Waals surface area contributed by atoms with E-state index in [0.717, 1.165) is 25.3 Å². The fourth-order valence-corrected chi connectivity index (χ4v) is 2.22. The number of benzene rings is 1. The van der Waals surface area contributed by atoms with Gasteiger partial charge >= 0.3 is 35.6 Å². The molecule has 0 aromatic heterocycles. The maximum absolute atomic E-state index is 14.1. The molecule has 14 heteroatoms. The molecule has 28 heavy (non-hydrogen) atoms. The zero-order valence-electron chi connectivity index (χ0n) is 13.8. The van der Waals surface area contributed by atoms with Crippen LogP contribution >= 0.6 is 0 Å². The number of nitrogens with one attached hydrogen (secondary N) is 1. The molecule has 0 radical (unpaired) electrons. The molecule has 1 fully saturated rings. The number of carbonyl (C=O) groups excluding carboxylic acids is 1. The van der Waals surface area contributed by atoms with Gasteiger partial charge in [0.15, 0.2) is 11.5 Å². The largest absolute Gasteiger partial charge is 0.493 e. The molecule has 1 atom stereocenters. The van der Waals surface area contributed by atoms with Crippen LogP contribution in [0.3, 0.4) is 0 Å². The number of hydrogen-bond donors (Lipinski definition) is 1. The number of carbonyl (C=O) groups is 1.